The van der Waals surface area contributed by atoms with E-state index in [1.165, 1.54) is 11.1 Å². The summed E-state index contributed by atoms with van der Waals surface area (Å²) in [6, 6.07) is 2.29. The van der Waals surface area contributed by atoms with E-state index in [4.69, 9.17) is 16.3 Å². The normalized spacial score (nSPS) is 26.6. The van der Waals surface area contributed by atoms with Gasteiger partial charge in [0.05, 0.1) is 12.6 Å². The largest absolute Gasteiger partial charge is 0.481 e. The lowest BCUT2D eigenvalue weighted by Crippen LogP contribution is -2.67. The van der Waals surface area contributed by atoms with Crippen molar-refractivity contribution in [2.24, 2.45) is 0 Å². The molecule has 1 aromatic heterocycles. The Balaban J connectivity index is 1.57. The van der Waals surface area contributed by atoms with E-state index in [1.54, 1.807) is 7.11 Å². The quantitative estimate of drug-likeness (QED) is 0.845. The number of likely N-dealkylation sites (tertiary alicyclic amines) is 1. The van der Waals surface area contributed by atoms with Crippen LogP contribution in [-0.2, 0) is 11.2 Å². The van der Waals surface area contributed by atoms with Crippen LogP contribution in [0.15, 0.2) is 6.07 Å². The van der Waals surface area contributed by atoms with Crippen molar-refractivity contribution < 1.29 is 9.53 Å². The van der Waals surface area contributed by atoms with Gasteiger partial charge in [0.2, 0.25) is 11.8 Å². The highest BCUT2D eigenvalue weighted by Crippen LogP contribution is 2.46. The Morgan fingerprint density at radius 3 is 2.95 bits per heavy atom. The van der Waals surface area contributed by atoms with Crippen LogP contribution in [0.1, 0.15) is 36.4 Å². The van der Waals surface area contributed by atoms with E-state index >= 15 is 0 Å². The molecule has 0 aromatic carbocycles. The van der Waals surface area contributed by atoms with Gasteiger partial charge >= 0.3 is 0 Å². The first-order chi connectivity index (χ1) is 10.1. The Kier molecular flexibility index (Phi) is 2.91. The highest BCUT2D eigenvalue weighted by Gasteiger charge is 2.51. The van der Waals surface area contributed by atoms with Crippen LogP contribution in [0.25, 0.3) is 0 Å². The van der Waals surface area contributed by atoms with Gasteiger partial charge in [-0.1, -0.05) is 11.6 Å². The summed E-state index contributed by atoms with van der Waals surface area (Å²) >= 11 is 6.04. The molecule has 2 fully saturated rings. The zero-order chi connectivity index (χ0) is 14.6. The summed E-state index contributed by atoms with van der Waals surface area (Å²) in [6.45, 7) is 1.85. The molecule has 1 N–H and O–H groups in total. The second-order valence-electron chi connectivity index (χ2n) is 6.32. The molecule has 0 radical (unpaired) electrons. The zero-order valence-electron chi connectivity index (χ0n) is 12.0. The van der Waals surface area contributed by atoms with Crippen LogP contribution in [-0.4, -0.2) is 41.5 Å². The Hall–Kier alpha value is -1.33. The Morgan fingerprint density at radius 1 is 1.48 bits per heavy atom. The smallest absolute Gasteiger partial charge is 0.220 e. The highest BCUT2D eigenvalue weighted by molar-refractivity contribution is 6.29. The van der Waals surface area contributed by atoms with Crippen LogP contribution in [0.4, 0.5) is 0 Å². The Labute approximate surface area is 128 Å². The number of aromatic nitrogens is 1. The minimum absolute atomic E-state index is 0.0208. The van der Waals surface area contributed by atoms with E-state index in [-0.39, 0.29) is 11.4 Å². The van der Waals surface area contributed by atoms with Crippen molar-refractivity contribution in [1.82, 2.24) is 15.2 Å². The molecule has 5 nitrogen and oxygen atoms in total. The lowest BCUT2D eigenvalue weighted by molar-refractivity contribution is -0.121. The molecule has 2 saturated heterocycles. The predicted molar refractivity (Wildman–Crippen MR) is 78.5 cm³/mol. The third-order valence-corrected chi connectivity index (χ3v) is 5.17. The summed E-state index contributed by atoms with van der Waals surface area (Å²) in [5.41, 5.74) is 2.45. The number of carbonyl (C=O) groups excluding carboxylic acids is 1. The van der Waals surface area contributed by atoms with Crippen LogP contribution < -0.4 is 10.1 Å². The van der Waals surface area contributed by atoms with Crippen molar-refractivity contribution >= 4 is 17.5 Å². The van der Waals surface area contributed by atoms with E-state index < -0.39 is 0 Å². The summed E-state index contributed by atoms with van der Waals surface area (Å²) in [7, 11) is 1.64. The molecule has 3 aliphatic rings. The molecule has 112 valence electrons. The number of aryl methyl sites for hydroxylation is 1. The summed E-state index contributed by atoms with van der Waals surface area (Å²) in [5, 5.41) is 3.63. The fourth-order valence-corrected chi connectivity index (χ4v) is 4.24. The molecule has 0 saturated carbocycles. The summed E-state index contributed by atoms with van der Waals surface area (Å²) < 4.78 is 5.43. The number of ether oxygens (including phenoxy) is 1. The number of amides is 1. The Bertz CT molecular complexity index is 613. The van der Waals surface area contributed by atoms with Crippen molar-refractivity contribution in [1.29, 1.82) is 0 Å². The molecule has 1 atom stereocenters. The highest BCUT2D eigenvalue weighted by atomic mass is 35.5. The van der Waals surface area contributed by atoms with Gasteiger partial charge in [0, 0.05) is 31.1 Å². The second-order valence-corrected chi connectivity index (χ2v) is 6.70. The van der Waals surface area contributed by atoms with Crippen molar-refractivity contribution in [2.75, 3.05) is 20.2 Å². The van der Waals surface area contributed by atoms with Crippen LogP contribution in [0.3, 0.4) is 0 Å². The van der Waals surface area contributed by atoms with Gasteiger partial charge in [0.25, 0.3) is 0 Å². The minimum Gasteiger partial charge on any atom is -0.481 e. The third kappa shape index (κ3) is 2.02. The topological polar surface area (TPSA) is 54.5 Å². The molecule has 1 aliphatic carbocycles. The SMILES string of the molecule is COc1nc(Cl)cc2c1[C@@H](N1CC3(CCC(=O)N3)C1)CC2. The van der Waals surface area contributed by atoms with Gasteiger partial charge in [0.15, 0.2) is 0 Å². The number of nitrogens with zero attached hydrogens (tertiary/aromatic N) is 2. The summed E-state index contributed by atoms with van der Waals surface area (Å²) in [5.74, 6) is 0.837. The zero-order valence-corrected chi connectivity index (χ0v) is 12.7. The van der Waals surface area contributed by atoms with E-state index in [0.717, 1.165) is 32.4 Å². The predicted octanol–water partition coefficient (Wildman–Crippen LogP) is 1.70. The maximum Gasteiger partial charge on any atom is 0.220 e. The van der Waals surface area contributed by atoms with E-state index in [1.807, 2.05) is 6.07 Å². The van der Waals surface area contributed by atoms with Gasteiger partial charge in [-0.3, -0.25) is 9.69 Å². The maximum atomic E-state index is 11.4. The van der Waals surface area contributed by atoms with E-state index in [0.29, 0.717) is 23.5 Å². The lowest BCUT2D eigenvalue weighted by atomic mass is 9.86. The first-order valence-electron chi connectivity index (χ1n) is 7.39. The summed E-state index contributed by atoms with van der Waals surface area (Å²) in [6.07, 6.45) is 3.69. The van der Waals surface area contributed by atoms with Crippen LogP contribution in [0.2, 0.25) is 5.15 Å². The minimum atomic E-state index is 0.0208. The standard InChI is InChI=1S/C15H18ClN3O2/c1-21-14-13-9(6-11(16)17-14)2-3-10(13)19-7-15(8-19)5-4-12(20)18-15/h6,10H,2-5,7-8H2,1H3,(H,18,20)/t10-/m0/s1. The van der Waals surface area contributed by atoms with Gasteiger partial charge in [0.1, 0.15) is 5.15 Å². The molecule has 0 unspecified atom stereocenters. The molecule has 1 amide bonds. The second kappa shape index (κ2) is 4.58. The van der Waals surface area contributed by atoms with Crippen molar-refractivity contribution in [3.05, 3.63) is 22.3 Å². The number of carbonyl (C=O) groups is 1. The number of pyridine rings is 1. The average molecular weight is 308 g/mol. The number of hydrogen-bond donors (Lipinski definition) is 1. The van der Waals surface area contributed by atoms with Crippen molar-refractivity contribution in [3.63, 3.8) is 0 Å². The van der Waals surface area contributed by atoms with Crippen LogP contribution >= 0.6 is 11.6 Å². The number of rotatable bonds is 2. The number of methoxy groups -OCH3 is 1. The van der Waals surface area contributed by atoms with Crippen molar-refractivity contribution in [3.8, 4) is 5.88 Å². The van der Waals surface area contributed by atoms with Crippen molar-refractivity contribution in [2.45, 2.75) is 37.3 Å². The molecule has 21 heavy (non-hydrogen) atoms. The first kappa shape index (κ1) is 13.3. The van der Waals surface area contributed by atoms with E-state index in [2.05, 4.69) is 15.2 Å². The number of hydrogen-bond acceptors (Lipinski definition) is 4. The molecule has 1 spiro atoms. The Morgan fingerprint density at radius 2 is 2.29 bits per heavy atom. The summed E-state index contributed by atoms with van der Waals surface area (Å²) in [4.78, 5) is 18.2. The van der Waals surface area contributed by atoms with Gasteiger partial charge < -0.3 is 10.1 Å². The molecule has 1 aromatic rings. The molecule has 6 heteroatoms. The third-order valence-electron chi connectivity index (χ3n) is 4.98. The van der Waals surface area contributed by atoms with Gasteiger partial charge in [-0.25, -0.2) is 4.98 Å². The maximum absolute atomic E-state index is 11.4. The average Bonchev–Trinajstić information content (AvgIpc) is 2.99. The molecule has 2 aliphatic heterocycles. The molecule has 0 bridgehead atoms. The van der Waals surface area contributed by atoms with Gasteiger partial charge in [-0.15, -0.1) is 0 Å². The van der Waals surface area contributed by atoms with Gasteiger partial charge in [-0.05, 0) is 30.9 Å². The lowest BCUT2D eigenvalue weighted by Gasteiger charge is -2.50. The monoisotopic (exact) mass is 307 g/mol. The molecule has 4 rings (SSSR count). The first-order valence-corrected chi connectivity index (χ1v) is 7.76. The molecular weight excluding hydrogens is 290 g/mol. The van der Waals surface area contributed by atoms with Gasteiger partial charge in [-0.2, -0.15) is 0 Å². The van der Waals surface area contributed by atoms with Crippen LogP contribution in [0.5, 0.6) is 5.88 Å². The molecular formula is C15H18ClN3O2. The number of halogens is 1. The number of nitrogens with one attached hydrogen (secondary N) is 1. The van der Waals surface area contributed by atoms with Crippen LogP contribution in [0, 0.1) is 0 Å². The van der Waals surface area contributed by atoms with E-state index in [9.17, 15) is 4.79 Å². The molecule has 3 heterocycles. The fourth-order valence-electron chi connectivity index (χ4n) is 4.03. The number of fused-ring (bicyclic) bond motifs is 1. The fraction of sp³-hybridized carbons (Fsp3) is 0.600.